The topological polar surface area (TPSA) is 24.5 Å². The lowest BCUT2D eigenvalue weighted by Crippen LogP contribution is -2.39. The summed E-state index contributed by atoms with van der Waals surface area (Å²) < 4.78 is 0. The Morgan fingerprint density at radius 3 is 2.71 bits per heavy atom. The Morgan fingerprint density at radius 2 is 2.14 bits per heavy atom. The van der Waals surface area contributed by atoms with Crippen molar-refractivity contribution in [1.29, 1.82) is 0 Å². The van der Waals surface area contributed by atoms with E-state index in [1.54, 1.807) is 0 Å². The Morgan fingerprint density at radius 1 is 1.43 bits per heavy atom. The van der Waals surface area contributed by atoms with Crippen molar-refractivity contribution < 1.29 is 4.84 Å². The molecule has 14 heavy (non-hydrogen) atoms. The van der Waals surface area contributed by atoms with E-state index in [0.717, 1.165) is 12.5 Å². The van der Waals surface area contributed by atoms with Crippen LogP contribution in [0.3, 0.4) is 0 Å². The molecule has 1 unspecified atom stereocenters. The Kier molecular flexibility index (Phi) is 4.35. The van der Waals surface area contributed by atoms with Gasteiger partial charge in [0.1, 0.15) is 0 Å². The van der Waals surface area contributed by atoms with Crippen LogP contribution in [0.15, 0.2) is 0 Å². The van der Waals surface area contributed by atoms with E-state index in [0.29, 0.717) is 0 Å². The zero-order chi connectivity index (χ0) is 10.6. The Balaban J connectivity index is 2.12. The third-order valence-corrected chi connectivity index (χ3v) is 2.47. The molecule has 1 aliphatic rings. The van der Waals surface area contributed by atoms with Crippen molar-refractivity contribution in [2.24, 2.45) is 5.92 Å². The van der Waals surface area contributed by atoms with Gasteiger partial charge < -0.3 is 4.90 Å². The predicted octanol–water partition coefficient (Wildman–Crippen LogP) is 1.65. The highest BCUT2D eigenvalue weighted by molar-refractivity contribution is 4.71. The zero-order valence-corrected chi connectivity index (χ0v) is 9.97. The summed E-state index contributed by atoms with van der Waals surface area (Å²) in [5.41, 5.74) is 3.01. The number of piperidine rings is 1. The summed E-state index contributed by atoms with van der Waals surface area (Å²) in [6.45, 7) is 9.60. The highest BCUT2D eigenvalue weighted by atomic mass is 16.7. The molecular formula is C11H24N2O. The normalized spacial score (nSPS) is 25.3. The van der Waals surface area contributed by atoms with Crippen molar-refractivity contribution >= 4 is 0 Å². The minimum Gasteiger partial charge on any atom is -0.306 e. The van der Waals surface area contributed by atoms with Gasteiger partial charge in [0.25, 0.3) is 0 Å². The molecule has 1 rings (SSSR count). The summed E-state index contributed by atoms with van der Waals surface area (Å²) >= 11 is 0. The van der Waals surface area contributed by atoms with Crippen LogP contribution in [-0.4, -0.2) is 37.2 Å². The van der Waals surface area contributed by atoms with Gasteiger partial charge in [-0.3, -0.25) is 4.84 Å². The minimum absolute atomic E-state index is 0.0828. The Hall–Kier alpha value is -0.120. The zero-order valence-electron chi connectivity index (χ0n) is 9.97. The van der Waals surface area contributed by atoms with Crippen molar-refractivity contribution in [2.75, 3.05) is 26.7 Å². The first kappa shape index (κ1) is 12.0. The molecule has 0 amide bonds. The highest BCUT2D eigenvalue weighted by Gasteiger charge is 2.18. The van der Waals surface area contributed by atoms with Gasteiger partial charge in [-0.2, -0.15) is 0 Å². The van der Waals surface area contributed by atoms with E-state index in [1.807, 2.05) is 0 Å². The van der Waals surface area contributed by atoms with Gasteiger partial charge in [0.2, 0.25) is 0 Å². The molecule has 0 spiro atoms. The van der Waals surface area contributed by atoms with Crippen LogP contribution >= 0.6 is 0 Å². The molecular weight excluding hydrogens is 176 g/mol. The van der Waals surface area contributed by atoms with Crippen LogP contribution in [0.4, 0.5) is 0 Å². The molecule has 1 fully saturated rings. The molecule has 1 heterocycles. The smallest absolute Gasteiger partial charge is 0.0812 e. The summed E-state index contributed by atoms with van der Waals surface area (Å²) in [5.74, 6) is 0.746. The largest absolute Gasteiger partial charge is 0.306 e. The average Bonchev–Trinajstić information content (AvgIpc) is 2.01. The number of hydrogen-bond acceptors (Lipinski definition) is 3. The van der Waals surface area contributed by atoms with Gasteiger partial charge in [-0.25, -0.2) is 5.48 Å². The third-order valence-electron chi connectivity index (χ3n) is 2.47. The molecule has 3 heteroatoms. The van der Waals surface area contributed by atoms with Gasteiger partial charge >= 0.3 is 0 Å². The second-order valence-corrected chi connectivity index (χ2v) is 5.33. The molecule has 3 nitrogen and oxygen atoms in total. The quantitative estimate of drug-likeness (QED) is 0.701. The predicted molar refractivity (Wildman–Crippen MR) is 59.1 cm³/mol. The van der Waals surface area contributed by atoms with Crippen LogP contribution in [0, 0.1) is 5.92 Å². The van der Waals surface area contributed by atoms with E-state index < -0.39 is 0 Å². The number of likely N-dealkylation sites (tertiary alicyclic amines) is 1. The SMILES string of the molecule is CN1CCCC(CNOC(C)(C)C)C1. The lowest BCUT2D eigenvalue weighted by molar-refractivity contribution is -0.0792. The summed E-state index contributed by atoms with van der Waals surface area (Å²) in [6, 6.07) is 0. The van der Waals surface area contributed by atoms with Crippen LogP contribution < -0.4 is 5.48 Å². The maximum absolute atomic E-state index is 5.50. The minimum atomic E-state index is -0.0828. The Labute approximate surface area is 87.8 Å². The van der Waals surface area contributed by atoms with Crippen molar-refractivity contribution in [3.8, 4) is 0 Å². The molecule has 1 saturated heterocycles. The number of nitrogens with zero attached hydrogens (tertiary/aromatic N) is 1. The monoisotopic (exact) mass is 200 g/mol. The maximum Gasteiger partial charge on any atom is 0.0812 e. The Bertz CT molecular complexity index is 165. The third kappa shape index (κ3) is 4.94. The van der Waals surface area contributed by atoms with E-state index in [4.69, 9.17) is 4.84 Å². The van der Waals surface area contributed by atoms with E-state index in [-0.39, 0.29) is 5.60 Å². The molecule has 0 bridgehead atoms. The van der Waals surface area contributed by atoms with Crippen LogP contribution in [0.25, 0.3) is 0 Å². The fourth-order valence-electron chi connectivity index (χ4n) is 1.82. The molecule has 84 valence electrons. The maximum atomic E-state index is 5.50. The fourth-order valence-corrected chi connectivity index (χ4v) is 1.82. The number of hydrogen-bond donors (Lipinski definition) is 1. The van der Waals surface area contributed by atoms with Gasteiger partial charge in [-0.15, -0.1) is 0 Å². The van der Waals surface area contributed by atoms with Gasteiger partial charge in [0.05, 0.1) is 5.60 Å². The van der Waals surface area contributed by atoms with Crippen molar-refractivity contribution in [3.05, 3.63) is 0 Å². The summed E-state index contributed by atoms with van der Waals surface area (Å²) in [7, 11) is 2.19. The van der Waals surface area contributed by atoms with E-state index in [2.05, 4.69) is 38.2 Å². The van der Waals surface area contributed by atoms with Crippen molar-refractivity contribution in [3.63, 3.8) is 0 Å². The number of nitrogens with one attached hydrogen (secondary N) is 1. The molecule has 1 atom stereocenters. The lowest BCUT2D eigenvalue weighted by Gasteiger charge is -2.30. The first-order valence-corrected chi connectivity index (χ1v) is 5.57. The van der Waals surface area contributed by atoms with E-state index in [9.17, 15) is 0 Å². The van der Waals surface area contributed by atoms with Crippen LogP contribution in [0.5, 0.6) is 0 Å². The molecule has 0 aromatic rings. The average molecular weight is 200 g/mol. The van der Waals surface area contributed by atoms with Gasteiger partial charge in [0.15, 0.2) is 0 Å². The van der Waals surface area contributed by atoms with Gasteiger partial charge in [0, 0.05) is 13.1 Å². The van der Waals surface area contributed by atoms with Gasteiger partial charge in [-0.05, 0) is 53.1 Å². The molecule has 0 radical (unpaired) electrons. The molecule has 0 saturated carbocycles. The molecule has 0 aromatic heterocycles. The van der Waals surface area contributed by atoms with Crippen LogP contribution in [-0.2, 0) is 4.84 Å². The summed E-state index contributed by atoms with van der Waals surface area (Å²) in [6.07, 6.45) is 2.64. The van der Waals surface area contributed by atoms with E-state index >= 15 is 0 Å². The molecule has 0 aliphatic carbocycles. The molecule has 1 aliphatic heterocycles. The number of hydroxylamine groups is 1. The van der Waals surface area contributed by atoms with Crippen LogP contribution in [0.2, 0.25) is 0 Å². The highest BCUT2D eigenvalue weighted by Crippen LogP contribution is 2.14. The van der Waals surface area contributed by atoms with Crippen molar-refractivity contribution in [2.45, 2.75) is 39.2 Å². The first-order valence-electron chi connectivity index (χ1n) is 5.57. The first-order chi connectivity index (χ1) is 6.47. The summed E-state index contributed by atoms with van der Waals surface area (Å²) in [4.78, 5) is 7.89. The van der Waals surface area contributed by atoms with Gasteiger partial charge in [-0.1, -0.05) is 0 Å². The van der Waals surface area contributed by atoms with Crippen LogP contribution in [0.1, 0.15) is 33.6 Å². The summed E-state index contributed by atoms with van der Waals surface area (Å²) in [5, 5.41) is 0. The second kappa shape index (κ2) is 5.10. The lowest BCUT2D eigenvalue weighted by atomic mass is 9.99. The molecule has 1 N–H and O–H groups in total. The standard InChI is InChI=1S/C11H24N2O/c1-11(2,3)14-12-8-10-6-5-7-13(4)9-10/h10,12H,5-9H2,1-4H3. The second-order valence-electron chi connectivity index (χ2n) is 5.33. The van der Waals surface area contributed by atoms with E-state index in [1.165, 1.54) is 25.9 Å². The van der Waals surface area contributed by atoms with Crippen molar-refractivity contribution in [1.82, 2.24) is 10.4 Å². The molecule has 0 aromatic carbocycles. The number of rotatable bonds is 3. The fraction of sp³-hybridized carbons (Fsp3) is 1.00.